The van der Waals surface area contributed by atoms with E-state index in [2.05, 4.69) is 6.58 Å². The van der Waals surface area contributed by atoms with E-state index in [0.717, 1.165) is 0 Å². The van der Waals surface area contributed by atoms with Gasteiger partial charge in [0, 0.05) is 16.7 Å². The molecular formula is C8H10ClNO2. The van der Waals surface area contributed by atoms with Crippen molar-refractivity contribution in [2.75, 3.05) is 0 Å². The Hall–Kier alpha value is -1.09. The zero-order valence-corrected chi connectivity index (χ0v) is 7.76. The largest absolute Gasteiger partial charge is 0.268 e. The van der Waals surface area contributed by atoms with Crippen LogP contribution in [0.5, 0.6) is 0 Å². The lowest BCUT2D eigenvalue weighted by Gasteiger charge is -1.92. The highest BCUT2D eigenvalue weighted by Crippen LogP contribution is 2.08. The normalized spacial score (nSPS) is 9.92. The molecule has 12 heavy (non-hydrogen) atoms. The van der Waals surface area contributed by atoms with E-state index in [-0.39, 0.29) is 10.7 Å². The quantitative estimate of drug-likeness (QED) is 0.387. The fourth-order valence-corrected chi connectivity index (χ4v) is 0.642. The molecule has 0 spiro atoms. The van der Waals surface area contributed by atoms with Crippen molar-refractivity contribution in [3.63, 3.8) is 0 Å². The number of halogens is 1. The van der Waals surface area contributed by atoms with Gasteiger partial charge in [-0.2, -0.15) is 0 Å². The highest BCUT2D eigenvalue weighted by atomic mass is 35.5. The molecule has 0 rings (SSSR count). The van der Waals surface area contributed by atoms with Crippen molar-refractivity contribution in [3.8, 4) is 0 Å². The number of nitro groups is 1. The zero-order chi connectivity index (χ0) is 9.72. The lowest BCUT2D eigenvalue weighted by Crippen LogP contribution is -1.97. The third kappa shape index (κ3) is 3.93. The van der Waals surface area contributed by atoms with E-state index in [4.69, 9.17) is 11.6 Å². The third-order valence-corrected chi connectivity index (χ3v) is 1.26. The van der Waals surface area contributed by atoms with Gasteiger partial charge in [0.1, 0.15) is 0 Å². The maximum Gasteiger partial charge on any atom is 0.268 e. The first-order valence-electron chi connectivity index (χ1n) is 3.29. The molecular weight excluding hydrogens is 178 g/mol. The molecule has 0 aliphatic carbocycles. The summed E-state index contributed by atoms with van der Waals surface area (Å²) in [5.74, 6) is 0. The van der Waals surface area contributed by atoms with Gasteiger partial charge < -0.3 is 0 Å². The van der Waals surface area contributed by atoms with Crippen molar-refractivity contribution in [1.29, 1.82) is 0 Å². The van der Waals surface area contributed by atoms with Crippen LogP contribution in [-0.4, -0.2) is 4.92 Å². The van der Waals surface area contributed by atoms with E-state index in [1.807, 2.05) is 0 Å². The summed E-state index contributed by atoms with van der Waals surface area (Å²) >= 11 is 5.40. The van der Waals surface area contributed by atoms with Gasteiger partial charge in [0.15, 0.2) is 0 Å². The molecule has 0 atom stereocenters. The maximum absolute atomic E-state index is 10.4. The second-order valence-electron chi connectivity index (χ2n) is 2.42. The average molecular weight is 188 g/mol. The van der Waals surface area contributed by atoms with Crippen molar-refractivity contribution in [2.24, 2.45) is 0 Å². The first kappa shape index (κ1) is 10.9. The molecule has 0 saturated heterocycles. The van der Waals surface area contributed by atoms with Gasteiger partial charge in [0.25, 0.3) is 5.70 Å². The average Bonchev–Trinajstić information content (AvgIpc) is 1.84. The zero-order valence-electron chi connectivity index (χ0n) is 7.00. The minimum Gasteiger partial charge on any atom is -0.258 e. The summed E-state index contributed by atoms with van der Waals surface area (Å²) in [4.78, 5) is 9.92. The summed E-state index contributed by atoms with van der Waals surface area (Å²) < 4.78 is 0. The van der Waals surface area contributed by atoms with E-state index in [1.165, 1.54) is 12.2 Å². The lowest BCUT2D eigenvalue weighted by molar-refractivity contribution is -0.420. The molecule has 0 aliphatic heterocycles. The van der Waals surface area contributed by atoms with Gasteiger partial charge in [-0.05, 0) is 19.9 Å². The summed E-state index contributed by atoms with van der Waals surface area (Å²) in [6, 6.07) is 0. The van der Waals surface area contributed by atoms with Gasteiger partial charge >= 0.3 is 0 Å². The van der Waals surface area contributed by atoms with E-state index < -0.39 is 4.92 Å². The Kier molecular flexibility index (Phi) is 4.29. The number of nitrogens with zero attached hydrogens (tertiary/aromatic N) is 1. The Balaban J connectivity index is 4.70. The summed E-state index contributed by atoms with van der Waals surface area (Å²) in [6.07, 6.45) is 2.73. The smallest absolute Gasteiger partial charge is 0.258 e. The first-order valence-corrected chi connectivity index (χ1v) is 3.67. The predicted octanol–water partition coefficient (Wildman–Crippen LogP) is 2.87. The highest BCUT2D eigenvalue weighted by Gasteiger charge is 2.06. The molecule has 0 radical (unpaired) electrons. The first-order chi connectivity index (χ1) is 5.45. The summed E-state index contributed by atoms with van der Waals surface area (Å²) in [7, 11) is 0. The van der Waals surface area contributed by atoms with Crippen molar-refractivity contribution < 1.29 is 4.92 Å². The Morgan fingerprint density at radius 1 is 1.50 bits per heavy atom. The molecule has 66 valence electrons. The van der Waals surface area contributed by atoms with Crippen LogP contribution in [0.1, 0.15) is 13.8 Å². The molecule has 3 nitrogen and oxygen atoms in total. The van der Waals surface area contributed by atoms with Crippen LogP contribution in [0.2, 0.25) is 0 Å². The number of hydrogen-bond acceptors (Lipinski definition) is 2. The van der Waals surface area contributed by atoms with Crippen LogP contribution in [-0.2, 0) is 0 Å². The van der Waals surface area contributed by atoms with Gasteiger partial charge in [0.05, 0.1) is 4.92 Å². The second kappa shape index (κ2) is 4.72. The molecule has 0 N–H and O–H groups in total. The fraction of sp³-hybridized carbons (Fsp3) is 0.250. The van der Waals surface area contributed by atoms with Crippen molar-refractivity contribution in [2.45, 2.75) is 13.8 Å². The predicted molar refractivity (Wildman–Crippen MR) is 49.5 cm³/mol. The van der Waals surface area contributed by atoms with Crippen molar-refractivity contribution in [1.82, 2.24) is 0 Å². The minimum absolute atomic E-state index is 0.0526. The van der Waals surface area contributed by atoms with Crippen LogP contribution in [0.25, 0.3) is 0 Å². The van der Waals surface area contributed by atoms with Crippen LogP contribution < -0.4 is 0 Å². The Morgan fingerprint density at radius 3 is 2.25 bits per heavy atom. The molecule has 0 aromatic heterocycles. The maximum atomic E-state index is 10.4. The van der Waals surface area contributed by atoms with Gasteiger partial charge in [-0.25, -0.2) is 0 Å². The molecule has 0 aromatic rings. The SMILES string of the molecule is C=C(Cl)/C=C\C(=C(C)C)[N+](=O)[O-]. The van der Waals surface area contributed by atoms with Crippen LogP contribution in [0.4, 0.5) is 0 Å². The standard InChI is InChI=1S/C8H10ClNO2/c1-6(2)8(10(11)12)5-4-7(3)9/h4-5H,3H2,1-2H3/b5-4-. The van der Waals surface area contributed by atoms with Gasteiger partial charge in [-0.3, -0.25) is 10.1 Å². The molecule has 0 aromatic carbocycles. The molecule has 0 fully saturated rings. The number of rotatable bonds is 3. The van der Waals surface area contributed by atoms with Crippen molar-refractivity contribution in [3.05, 3.63) is 45.1 Å². The number of hydrogen-bond donors (Lipinski definition) is 0. The summed E-state index contributed by atoms with van der Waals surface area (Å²) in [6.45, 7) is 6.71. The Bertz CT molecular complexity index is 262. The van der Waals surface area contributed by atoms with Gasteiger partial charge in [0.2, 0.25) is 0 Å². The molecule has 0 amide bonds. The fourth-order valence-electron chi connectivity index (χ4n) is 0.579. The summed E-state index contributed by atoms with van der Waals surface area (Å²) in [5, 5.41) is 10.7. The Morgan fingerprint density at radius 2 is 2.00 bits per heavy atom. The lowest BCUT2D eigenvalue weighted by atomic mass is 10.2. The van der Waals surface area contributed by atoms with E-state index >= 15 is 0 Å². The van der Waals surface area contributed by atoms with Crippen molar-refractivity contribution >= 4 is 11.6 Å². The molecule has 0 bridgehead atoms. The molecule has 0 heterocycles. The van der Waals surface area contributed by atoms with Crippen LogP contribution in [0.3, 0.4) is 0 Å². The van der Waals surface area contributed by atoms with Gasteiger partial charge in [-0.1, -0.05) is 18.2 Å². The van der Waals surface area contributed by atoms with Crippen LogP contribution in [0.15, 0.2) is 35.0 Å². The number of allylic oxidation sites excluding steroid dienone is 4. The van der Waals surface area contributed by atoms with Crippen LogP contribution >= 0.6 is 11.6 Å². The topological polar surface area (TPSA) is 43.1 Å². The molecule has 0 unspecified atom stereocenters. The summed E-state index contributed by atoms with van der Waals surface area (Å²) in [5.41, 5.74) is 0.686. The molecule has 0 saturated carbocycles. The second-order valence-corrected chi connectivity index (χ2v) is 2.91. The van der Waals surface area contributed by atoms with E-state index in [9.17, 15) is 10.1 Å². The monoisotopic (exact) mass is 187 g/mol. The van der Waals surface area contributed by atoms with E-state index in [1.54, 1.807) is 13.8 Å². The molecule has 4 heteroatoms. The highest BCUT2D eigenvalue weighted by molar-refractivity contribution is 6.30. The Labute approximate surface area is 76.2 Å². The van der Waals surface area contributed by atoms with Crippen LogP contribution in [0, 0.1) is 10.1 Å². The third-order valence-electron chi connectivity index (χ3n) is 1.13. The molecule has 0 aliphatic rings. The minimum atomic E-state index is -0.453. The van der Waals surface area contributed by atoms with Gasteiger partial charge in [-0.15, -0.1) is 0 Å². The van der Waals surface area contributed by atoms with E-state index in [0.29, 0.717) is 5.57 Å².